The number of amides is 1. The van der Waals surface area contributed by atoms with Gasteiger partial charge in [0, 0.05) is 31.9 Å². The van der Waals surface area contributed by atoms with Gasteiger partial charge < -0.3 is 14.8 Å². The molecule has 0 aromatic carbocycles. The fraction of sp³-hybridized carbons (Fsp3) is 0.474. The first-order valence-electron chi connectivity index (χ1n) is 9.36. The Morgan fingerprint density at radius 2 is 1.90 bits per heavy atom. The molecular formula is C19H28N4O4S2. The number of likely N-dealkylation sites (N-methyl/N-ethyl adjacent to an activating group) is 1. The fourth-order valence-electron chi connectivity index (χ4n) is 2.98. The Balaban J connectivity index is 2.13. The van der Waals surface area contributed by atoms with Crippen molar-refractivity contribution in [1.82, 2.24) is 19.1 Å². The summed E-state index contributed by atoms with van der Waals surface area (Å²) in [6, 6.07) is 4.48. The maximum atomic E-state index is 12.7. The van der Waals surface area contributed by atoms with Crippen LogP contribution in [0.5, 0.6) is 0 Å². The number of carbonyl (C=O) groups excluding carboxylic acids is 1. The summed E-state index contributed by atoms with van der Waals surface area (Å²) in [5, 5.41) is 6.85. The number of thiophene rings is 1. The van der Waals surface area contributed by atoms with Crippen LogP contribution in [0.3, 0.4) is 0 Å². The number of nitrogens with zero attached hydrogens (tertiary/aromatic N) is 3. The molecular weight excluding hydrogens is 412 g/mol. The van der Waals surface area contributed by atoms with E-state index in [-0.39, 0.29) is 23.4 Å². The lowest BCUT2D eigenvalue weighted by Gasteiger charge is -2.24. The third-order valence-electron chi connectivity index (χ3n) is 4.66. The smallest absolute Gasteiger partial charge is 0.251 e. The van der Waals surface area contributed by atoms with Crippen molar-refractivity contribution in [2.45, 2.75) is 31.3 Å². The highest BCUT2D eigenvalue weighted by molar-refractivity contribution is 7.89. The first kappa shape index (κ1) is 23.3. The summed E-state index contributed by atoms with van der Waals surface area (Å²) in [6.07, 6.45) is 1.23. The molecule has 0 radical (unpaired) electrons. The molecule has 1 unspecified atom stereocenters. The fourth-order valence-corrected chi connectivity index (χ4v) is 5.17. The van der Waals surface area contributed by atoms with Crippen molar-refractivity contribution in [2.75, 3.05) is 33.7 Å². The molecule has 2 rings (SSSR count). The quantitative estimate of drug-likeness (QED) is 0.602. The normalized spacial score (nSPS) is 13.0. The van der Waals surface area contributed by atoms with Gasteiger partial charge in [-0.15, -0.1) is 0 Å². The molecule has 8 nitrogen and oxygen atoms in total. The molecule has 1 atom stereocenters. The topological polar surface area (TPSA) is 91.7 Å². The second kappa shape index (κ2) is 10.1. The van der Waals surface area contributed by atoms with Crippen molar-refractivity contribution in [2.24, 2.45) is 0 Å². The van der Waals surface area contributed by atoms with Crippen molar-refractivity contribution in [3.63, 3.8) is 0 Å². The molecule has 0 spiro atoms. The number of hydrogen-bond donors (Lipinski definition) is 1. The predicted octanol–water partition coefficient (Wildman–Crippen LogP) is 1.36. The summed E-state index contributed by atoms with van der Waals surface area (Å²) in [5.74, 6) is -0.355. The monoisotopic (exact) mass is 440 g/mol. The van der Waals surface area contributed by atoms with Crippen LogP contribution in [0.25, 0.3) is 0 Å². The average Bonchev–Trinajstić information content (AvgIpc) is 3.18. The van der Waals surface area contributed by atoms with Gasteiger partial charge >= 0.3 is 0 Å². The van der Waals surface area contributed by atoms with Crippen LogP contribution in [0.4, 0.5) is 0 Å². The number of sulfonamides is 1. The van der Waals surface area contributed by atoms with E-state index >= 15 is 0 Å². The van der Waals surface area contributed by atoms with Gasteiger partial charge in [-0.25, -0.2) is 8.42 Å². The van der Waals surface area contributed by atoms with Gasteiger partial charge in [0.25, 0.3) is 5.56 Å². The van der Waals surface area contributed by atoms with Crippen molar-refractivity contribution < 1.29 is 13.2 Å². The van der Waals surface area contributed by atoms with E-state index in [1.807, 2.05) is 35.8 Å². The summed E-state index contributed by atoms with van der Waals surface area (Å²) in [6.45, 7) is 4.29. The Labute approximate surface area is 175 Å². The number of pyridine rings is 1. The number of aromatic nitrogens is 1. The van der Waals surface area contributed by atoms with Gasteiger partial charge in [0.05, 0.1) is 10.9 Å². The number of carbonyl (C=O) groups is 1. The van der Waals surface area contributed by atoms with Gasteiger partial charge in [0.1, 0.15) is 6.54 Å². The maximum absolute atomic E-state index is 12.7. The van der Waals surface area contributed by atoms with Crippen LogP contribution in [-0.4, -0.2) is 61.8 Å². The Kier molecular flexibility index (Phi) is 8.14. The lowest BCUT2D eigenvalue weighted by molar-refractivity contribution is -0.121. The van der Waals surface area contributed by atoms with Crippen LogP contribution in [0, 0.1) is 0 Å². The van der Waals surface area contributed by atoms with Gasteiger partial charge in [0.2, 0.25) is 15.9 Å². The number of hydrogen-bond acceptors (Lipinski definition) is 6. The summed E-state index contributed by atoms with van der Waals surface area (Å²) >= 11 is 1.59. The molecule has 0 aliphatic carbocycles. The van der Waals surface area contributed by atoms with Crippen LogP contribution >= 0.6 is 11.3 Å². The van der Waals surface area contributed by atoms with E-state index in [4.69, 9.17) is 0 Å². The van der Waals surface area contributed by atoms with E-state index in [2.05, 4.69) is 5.32 Å². The second-order valence-electron chi connectivity index (χ2n) is 6.76. The van der Waals surface area contributed by atoms with E-state index in [1.165, 1.54) is 22.6 Å². The Morgan fingerprint density at radius 3 is 2.45 bits per heavy atom. The lowest BCUT2D eigenvalue weighted by atomic mass is 10.1. The third kappa shape index (κ3) is 5.75. The highest BCUT2D eigenvalue weighted by Gasteiger charge is 2.23. The van der Waals surface area contributed by atoms with Crippen LogP contribution < -0.4 is 10.9 Å². The molecule has 10 heteroatoms. The minimum atomic E-state index is -3.71. The number of rotatable bonds is 10. The van der Waals surface area contributed by atoms with E-state index in [9.17, 15) is 18.0 Å². The molecule has 0 bridgehead atoms. The second-order valence-corrected chi connectivity index (χ2v) is 9.48. The van der Waals surface area contributed by atoms with E-state index in [1.54, 1.807) is 25.2 Å². The molecule has 0 fully saturated rings. The largest absolute Gasteiger partial charge is 0.353 e. The highest BCUT2D eigenvalue weighted by Crippen LogP contribution is 2.20. The van der Waals surface area contributed by atoms with E-state index in [0.29, 0.717) is 19.6 Å². The van der Waals surface area contributed by atoms with Gasteiger partial charge in [0.15, 0.2) is 0 Å². The van der Waals surface area contributed by atoms with E-state index < -0.39 is 15.6 Å². The summed E-state index contributed by atoms with van der Waals surface area (Å²) in [4.78, 5) is 26.6. The molecule has 2 aromatic rings. The average molecular weight is 441 g/mol. The SMILES string of the molecule is CCN(CC)S(=O)(=O)c1ccc(=O)n(CC(=O)NCC(c2ccsc2)N(C)C)c1. The zero-order chi connectivity index (χ0) is 21.6. The zero-order valence-corrected chi connectivity index (χ0v) is 18.8. The zero-order valence-electron chi connectivity index (χ0n) is 17.2. The highest BCUT2D eigenvalue weighted by atomic mass is 32.2. The first-order valence-corrected chi connectivity index (χ1v) is 11.7. The minimum Gasteiger partial charge on any atom is -0.353 e. The molecule has 1 N–H and O–H groups in total. The van der Waals surface area contributed by atoms with E-state index in [0.717, 1.165) is 10.1 Å². The van der Waals surface area contributed by atoms with Crippen LogP contribution in [0.1, 0.15) is 25.5 Å². The summed E-state index contributed by atoms with van der Waals surface area (Å²) in [5.41, 5.74) is 0.672. The van der Waals surface area contributed by atoms with Gasteiger partial charge in [-0.3, -0.25) is 9.59 Å². The molecule has 0 saturated carbocycles. The molecule has 0 aliphatic rings. The first-order chi connectivity index (χ1) is 13.7. The minimum absolute atomic E-state index is 0.00181. The van der Waals surface area contributed by atoms with Gasteiger partial charge in [-0.2, -0.15) is 15.6 Å². The molecule has 2 aromatic heterocycles. The summed E-state index contributed by atoms with van der Waals surface area (Å²) in [7, 11) is 0.156. The number of nitrogens with one attached hydrogen (secondary N) is 1. The predicted molar refractivity (Wildman–Crippen MR) is 115 cm³/mol. The Bertz CT molecular complexity index is 964. The standard InChI is InChI=1S/C19H28N4O4S2/c1-5-23(6-2)29(26,27)16-7-8-19(25)22(12-16)13-18(24)20-11-17(21(3)4)15-9-10-28-14-15/h7-10,12,14,17H,5-6,11,13H2,1-4H3,(H,20,24). The Hall–Kier alpha value is -2.01. The maximum Gasteiger partial charge on any atom is 0.251 e. The van der Waals surface area contributed by atoms with Gasteiger partial charge in [-0.05, 0) is 42.6 Å². The summed E-state index contributed by atoms with van der Waals surface area (Å²) < 4.78 is 27.8. The lowest BCUT2D eigenvalue weighted by Crippen LogP contribution is -2.38. The molecule has 0 saturated heterocycles. The van der Waals surface area contributed by atoms with Crippen molar-refractivity contribution in [1.29, 1.82) is 0 Å². The molecule has 160 valence electrons. The van der Waals surface area contributed by atoms with Crippen LogP contribution in [0.15, 0.2) is 44.8 Å². The molecule has 0 aliphatic heterocycles. The Morgan fingerprint density at radius 1 is 1.21 bits per heavy atom. The van der Waals surface area contributed by atoms with Crippen molar-refractivity contribution in [3.8, 4) is 0 Å². The van der Waals surface area contributed by atoms with Gasteiger partial charge in [-0.1, -0.05) is 13.8 Å². The van der Waals surface area contributed by atoms with Crippen LogP contribution in [-0.2, 0) is 21.4 Å². The molecule has 1 amide bonds. The van der Waals surface area contributed by atoms with Crippen molar-refractivity contribution in [3.05, 3.63) is 51.1 Å². The van der Waals surface area contributed by atoms with Crippen molar-refractivity contribution >= 4 is 27.3 Å². The molecule has 2 heterocycles. The van der Waals surface area contributed by atoms with Crippen LogP contribution in [0.2, 0.25) is 0 Å². The third-order valence-corrected chi connectivity index (χ3v) is 7.39. The molecule has 29 heavy (non-hydrogen) atoms.